The number of hydrogen-bond acceptors (Lipinski definition) is 2. The molecule has 2 saturated carbocycles. The predicted octanol–water partition coefficient (Wildman–Crippen LogP) is 2.40. The summed E-state index contributed by atoms with van der Waals surface area (Å²) in [5.41, 5.74) is 5.64. The fourth-order valence-electron chi connectivity index (χ4n) is 3.95. The van der Waals surface area contributed by atoms with Crippen LogP contribution >= 0.6 is 0 Å². The highest BCUT2D eigenvalue weighted by Crippen LogP contribution is 2.46. The first-order chi connectivity index (χ1) is 8.57. The van der Waals surface area contributed by atoms with E-state index in [0.29, 0.717) is 18.4 Å². The quantitative estimate of drug-likeness (QED) is 0.835. The summed E-state index contributed by atoms with van der Waals surface area (Å²) in [4.78, 5) is 14.5. The van der Waals surface area contributed by atoms with Gasteiger partial charge in [0.2, 0.25) is 5.91 Å². The molecule has 0 atom stereocenters. The number of rotatable bonds is 4. The third-order valence-corrected chi connectivity index (χ3v) is 4.93. The molecule has 2 fully saturated rings. The molecule has 2 rings (SSSR count). The number of nitrogens with zero attached hydrogens (tertiary/aromatic N) is 1. The minimum atomic E-state index is -0.219. The SMILES string of the molecule is CC1CC(CN)(C(=O)N(C)CC2CCCCC2)C1. The van der Waals surface area contributed by atoms with Crippen molar-refractivity contribution in [2.24, 2.45) is 23.0 Å². The van der Waals surface area contributed by atoms with Crippen LogP contribution < -0.4 is 5.73 Å². The average Bonchev–Trinajstić information content (AvgIpc) is 2.35. The maximum absolute atomic E-state index is 12.5. The number of carbonyl (C=O) groups is 1. The van der Waals surface area contributed by atoms with Gasteiger partial charge in [-0.15, -0.1) is 0 Å². The van der Waals surface area contributed by atoms with Crippen molar-refractivity contribution in [1.29, 1.82) is 0 Å². The Balaban J connectivity index is 1.87. The van der Waals surface area contributed by atoms with Crippen LogP contribution in [0.25, 0.3) is 0 Å². The van der Waals surface area contributed by atoms with Gasteiger partial charge >= 0.3 is 0 Å². The Hall–Kier alpha value is -0.570. The zero-order chi connectivity index (χ0) is 13.2. The molecule has 0 saturated heterocycles. The molecule has 0 aromatic carbocycles. The molecule has 1 amide bonds. The number of carbonyl (C=O) groups excluding carboxylic acids is 1. The highest BCUT2D eigenvalue weighted by molar-refractivity contribution is 5.83. The lowest BCUT2D eigenvalue weighted by Gasteiger charge is -2.46. The number of nitrogens with two attached hydrogens (primary N) is 1. The molecular weight excluding hydrogens is 224 g/mol. The van der Waals surface area contributed by atoms with Gasteiger partial charge in [-0.25, -0.2) is 0 Å². The van der Waals surface area contributed by atoms with Crippen molar-refractivity contribution in [3.63, 3.8) is 0 Å². The molecule has 3 heteroatoms. The van der Waals surface area contributed by atoms with Crippen LogP contribution in [0.3, 0.4) is 0 Å². The Kier molecular flexibility index (Phi) is 4.31. The van der Waals surface area contributed by atoms with Crippen molar-refractivity contribution in [1.82, 2.24) is 4.90 Å². The summed E-state index contributed by atoms with van der Waals surface area (Å²) >= 11 is 0. The lowest BCUT2D eigenvalue weighted by molar-refractivity contribution is -0.149. The summed E-state index contributed by atoms with van der Waals surface area (Å²) in [6.45, 7) is 3.67. The van der Waals surface area contributed by atoms with Crippen molar-refractivity contribution in [2.75, 3.05) is 20.1 Å². The van der Waals surface area contributed by atoms with Crippen LogP contribution in [0.15, 0.2) is 0 Å². The van der Waals surface area contributed by atoms with Crippen molar-refractivity contribution in [2.45, 2.75) is 51.9 Å². The normalized spacial score (nSPS) is 32.9. The maximum atomic E-state index is 12.5. The Morgan fingerprint density at radius 3 is 2.39 bits per heavy atom. The van der Waals surface area contributed by atoms with Crippen molar-refractivity contribution < 1.29 is 4.79 Å². The van der Waals surface area contributed by atoms with E-state index in [-0.39, 0.29) is 5.41 Å². The third kappa shape index (κ3) is 2.71. The second kappa shape index (κ2) is 5.60. The highest BCUT2D eigenvalue weighted by Gasteiger charge is 2.48. The first kappa shape index (κ1) is 13.9. The number of hydrogen-bond donors (Lipinski definition) is 1. The second-order valence-corrected chi connectivity index (χ2v) is 6.69. The Morgan fingerprint density at radius 2 is 1.89 bits per heavy atom. The van der Waals surface area contributed by atoms with Crippen LogP contribution in [-0.4, -0.2) is 30.9 Å². The first-order valence-corrected chi connectivity index (χ1v) is 7.53. The van der Waals surface area contributed by atoms with E-state index in [1.54, 1.807) is 0 Å². The molecule has 18 heavy (non-hydrogen) atoms. The van der Waals surface area contributed by atoms with Gasteiger partial charge in [0.1, 0.15) is 0 Å². The Labute approximate surface area is 111 Å². The van der Waals surface area contributed by atoms with Crippen LogP contribution in [0.2, 0.25) is 0 Å². The van der Waals surface area contributed by atoms with Crippen LogP contribution in [0.4, 0.5) is 0 Å². The zero-order valence-electron chi connectivity index (χ0n) is 12.0. The summed E-state index contributed by atoms with van der Waals surface area (Å²) in [6, 6.07) is 0. The molecule has 0 aliphatic heterocycles. The molecule has 3 nitrogen and oxygen atoms in total. The molecule has 0 heterocycles. The molecule has 2 aliphatic rings. The topological polar surface area (TPSA) is 46.3 Å². The molecule has 0 bridgehead atoms. The first-order valence-electron chi connectivity index (χ1n) is 7.53. The van der Waals surface area contributed by atoms with Gasteiger partial charge in [0.05, 0.1) is 5.41 Å². The van der Waals surface area contributed by atoms with E-state index in [4.69, 9.17) is 5.73 Å². The van der Waals surface area contributed by atoms with Crippen LogP contribution in [-0.2, 0) is 4.79 Å². The van der Waals surface area contributed by atoms with Gasteiger partial charge in [-0.1, -0.05) is 26.2 Å². The van der Waals surface area contributed by atoms with E-state index in [1.165, 1.54) is 32.1 Å². The Morgan fingerprint density at radius 1 is 1.28 bits per heavy atom. The molecule has 0 aromatic heterocycles. The van der Waals surface area contributed by atoms with E-state index < -0.39 is 0 Å². The lowest BCUT2D eigenvalue weighted by Crippen LogP contribution is -2.54. The minimum Gasteiger partial charge on any atom is -0.345 e. The van der Waals surface area contributed by atoms with Crippen molar-refractivity contribution in [3.05, 3.63) is 0 Å². The summed E-state index contributed by atoms with van der Waals surface area (Å²) in [5.74, 6) is 1.69. The summed E-state index contributed by atoms with van der Waals surface area (Å²) in [7, 11) is 1.97. The van der Waals surface area contributed by atoms with Gasteiger partial charge < -0.3 is 10.6 Å². The maximum Gasteiger partial charge on any atom is 0.229 e. The van der Waals surface area contributed by atoms with Crippen LogP contribution in [0.1, 0.15) is 51.9 Å². The highest BCUT2D eigenvalue weighted by atomic mass is 16.2. The fourth-order valence-corrected chi connectivity index (χ4v) is 3.95. The monoisotopic (exact) mass is 252 g/mol. The molecule has 0 unspecified atom stereocenters. The molecule has 0 aromatic rings. The van der Waals surface area contributed by atoms with E-state index in [0.717, 1.165) is 25.3 Å². The molecular formula is C15H28N2O. The fraction of sp³-hybridized carbons (Fsp3) is 0.933. The van der Waals surface area contributed by atoms with Gasteiger partial charge in [-0.05, 0) is 37.5 Å². The van der Waals surface area contributed by atoms with E-state index in [9.17, 15) is 4.79 Å². The second-order valence-electron chi connectivity index (χ2n) is 6.69. The van der Waals surface area contributed by atoms with Gasteiger partial charge in [-0.3, -0.25) is 4.79 Å². The molecule has 2 N–H and O–H groups in total. The summed E-state index contributed by atoms with van der Waals surface area (Å²) < 4.78 is 0. The third-order valence-electron chi connectivity index (χ3n) is 4.93. The van der Waals surface area contributed by atoms with Gasteiger partial charge in [0, 0.05) is 20.1 Å². The van der Waals surface area contributed by atoms with Crippen molar-refractivity contribution in [3.8, 4) is 0 Å². The minimum absolute atomic E-state index is 0.219. The van der Waals surface area contributed by atoms with Crippen LogP contribution in [0, 0.1) is 17.3 Å². The summed E-state index contributed by atoms with van der Waals surface area (Å²) in [5, 5.41) is 0. The molecule has 104 valence electrons. The lowest BCUT2D eigenvalue weighted by atomic mass is 9.62. The molecule has 0 radical (unpaired) electrons. The summed E-state index contributed by atoms with van der Waals surface area (Å²) in [6.07, 6.45) is 8.61. The van der Waals surface area contributed by atoms with E-state index >= 15 is 0 Å². The molecule has 0 spiro atoms. The predicted molar refractivity (Wildman–Crippen MR) is 74.1 cm³/mol. The van der Waals surface area contributed by atoms with Gasteiger partial charge in [-0.2, -0.15) is 0 Å². The Bertz CT molecular complexity index is 291. The average molecular weight is 252 g/mol. The van der Waals surface area contributed by atoms with Gasteiger partial charge in [0.15, 0.2) is 0 Å². The van der Waals surface area contributed by atoms with Crippen LogP contribution in [0.5, 0.6) is 0 Å². The standard InChI is InChI=1S/C15H28N2O/c1-12-8-15(9-12,11-16)14(18)17(2)10-13-6-4-3-5-7-13/h12-13H,3-11,16H2,1-2H3. The van der Waals surface area contributed by atoms with Gasteiger partial charge in [0.25, 0.3) is 0 Å². The van der Waals surface area contributed by atoms with E-state index in [1.807, 2.05) is 11.9 Å². The zero-order valence-corrected chi connectivity index (χ0v) is 12.0. The largest absolute Gasteiger partial charge is 0.345 e. The molecule has 2 aliphatic carbocycles. The van der Waals surface area contributed by atoms with E-state index in [2.05, 4.69) is 6.92 Å². The van der Waals surface area contributed by atoms with Crippen molar-refractivity contribution >= 4 is 5.91 Å². The number of amides is 1. The smallest absolute Gasteiger partial charge is 0.229 e.